The normalized spacial score (nSPS) is 22.2. The van der Waals surface area contributed by atoms with E-state index in [1.165, 1.54) is 35.1 Å². The van der Waals surface area contributed by atoms with Gasteiger partial charge in [0.1, 0.15) is 27.8 Å². The molecule has 3 aromatic rings. The van der Waals surface area contributed by atoms with E-state index in [-0.39, 0.29) is 30.6 Å². The number of amides is 1. The first-order valence-electron chi connectivity index (χ1n) is 14.4. The van der Waals surface area contributed by atoms with Gasteiger partial charge in [-0.25, -0.2) is 9.78 Å². The first kappa shape index (κ1) is 33.1. The number of carbonyl (C=O) groups is 3. The molecule has 1 fully saturated rings. The fourth-order valence-corrected chi connectivity index (χ4v) is 6.97. The van der Waals surface area contributed by atoms with E-state index in [0.29, 0.717) is 10.8 Å². The summed E-state index contributed by atoms with van der Waals surface area (Å²) in [5.41, 5.74) is -3.68. The van der Waals surface area contributed by atoms with Gasteiger partial charge in [0.15, 0.2) is 5.54 Å². The number of carbonyl (C=O) groups excluding carboxylic acids is 2. The molecule has 3 atom stereocenters. The van der Waals surface area contributed by atoms with Crippen LogP contribution in [-0.2, 0) is 31.0 Å². The van der Waals surface area contributed by atoms with Crippen LogP contribution in [0.1, 0.15) is 79.8 Å². The second-order valence-electron chi connectivity index (χ2n) is 13.4. The Morgan fingerprint density at radius 2 is 1.84 bits per heavy atom. The SMILES string of the molecule is COC[C@]1(C(=O)O)C[C@@](Cn2cccn2)(C(=O)OC(C)(C)C)N(C(=O)c2ccc(C(C)(C)C)c(OC)c2)[C@H]1c1ncc(C)s1. The minimum atomic E-state index is -1.81. The number of hydrogen-bond donors (Lipinski definition) is 1. The average Bonchev–Trinajstić information content (AvgIpc) is 3.65. The number of thiazole rings is 1. The third-order valence-electron chi connectivity index (χ3n) is 7.79. The zero-order chi connectivity index (χ0) is 32.7. The van der Waals surface area contributed by atoms with E-state index in [1.807, 2.05) is 33.8 Å². The number of methoxy groups -OCH3 is 2. The fraction of sp³-hybridized carbons (Fsp3) is 0.531. The summed E-state index contributed by atoms with van der Waals surface area (Å²) in [5, 5.41) is 15.7. The monoisotopic (exact) mass is 626 g/mol. The van der Waals surface area contributed by atoms with Crippen LogP contribution in [0.3, 0.4) is 0 Å². The van der Waals surface area contributed by atoms with Gasteiger partial charge in [0.05, 0.1) is 20.3 Å². The zero-order valence-electron chi connectivity index (χ0n) is 26.8. The van der Waals surface area contributed by atoms with E-state index >= 15 is 0 Å². The van der Waals surface area contributed by atoms with Gasteiger partial charge in [-0.3, -0.25) is 14.3 Å². The lowest BCUT2D eigenvalue weighted by Crippen LogP contribution is -2.58. The van der Waals surface area contributed by atoms with Crippen molar-refractivity contribution in [2.24, 2.45) is 5.41 Å². The van der Waals surface area contributed by atoms with Crippen LogP contribution >= 0.6 is 11.3 Å². The Bertz CT molecular complexity index is 1520. The van der Waals surface area contributed by atoms with Crippen LogP contribution in [0.4, 0.5) is 0 Å². The quantitative estimate of drug-likeness (QED) is 0.324. The van der Waals surface area contributed by atoms with Crippen LogP contribution < -0.4 is 4.74 Å². The molecule has 12 heteroatoms. The number of aryl methyl sites for hydroxylation is 1. The molecular formula is C32H42N4O7S. The number of benzene rings is 1. The molecule has 11 nitrogen and oxygen atoms in total. The van der Waals surface area contributed by atoms with Crippen molar-refractivity contribution >= 4 is 29.2 Å². The van der Waals surface area contributed by atoms with Gasteiger partial charge in [-0.1, -0.05) is 26.8 Å². The average molecular weight is 627 g/mol. The van der Waals surface area contributed by atoms with Crippen LogP contribution in [-0.4, -0.2) is 74.6 Å². The molecule has 1 N–H and O–H groups in total. The number of aliphatic carboxylic acids is 1. The van der Waals surface area contributed by atoms with Crippen molar-refractivity contribution in [3.8, 4) is 5.75 Å². The Labute approximate surface area is 262 Å². The summed E-state index contributed by atoms with van der Waals surface area (Å²) in [6.45, 7) is 12.7. The highest BCUT2D eigenvalue weighted by Gasteiger charge is 2.70. The van der Waals surface area contributed by atoms with Crippen molar-refractivity contribution < 1.29 is 33.7 Å². The maximum atomic E-state index is 15.0. The molecule has 2 aromatic heterocycles. The van der Waals surface area contributed by atoms with Crippen molar-refractivity contribution in [3.05, 3.63) is 63.9 Å². The van der Waals surface area contributed by atoms with Crippen molar-refractivity contribution in [2.45, 2.75) is 84.0 Å². The van der Waals surface area contributed by atoms with Gasteiger partial charge >= 0.3 is 11.9 Å². The summed E-state index contributed by atoms with van der Waals surface area (Å²) in [6.07, 6.45) is 4.55. The molecule has 4 rings (SSSR count). The first-order chi connectivity index (χ1) is 20.5. The molecule has 1 aromatic carbocycles. The van der Waals surface area contributed by atoms with Crippen LogP contribution in [0.15, 0.2) is 42.9 Å². The number of nitrogens with zero attached hydrogens (tertiary/aromatic N) is 4. The summed E-state index contributed by atoms with van der Waals surface area (Å²) < 4.78 is 18.8. The standard InChI is InChI=1S/C32H42N4O7S/c1-20-16-33-25(44-20)24-31(19-41-8,27(38)39)17-32(18-35-14-10-13-34-35,28(40)43-30(5,6)7)36(24)26(37)21-11-12-22(29(2,3)4)23(15-21)42-9/h10-16,24H,17-19H2,1-9H3,(H,38,39)/t24-,31+,32+/m0/s1. The Morgan fingerprint density at radius 1 is 1.14 bits per heavy atom. The van der Waals surface area contributed by atoms with Gasteiger partial charge in [0.2, 0.25) is 0 Å². The highest BCUT2D eigenvalue weighted by molar-refractivity contribution is 7.11. The van der Waals surface area contributed by atoms with E-state index in [9.17, 15) is 19.5 Å². The van der Waals surface area contributed by atoms with Gasteiger partial charge < -0.3 is 24.2 Å². The molecule has 238 valence electrons. The number of rotatable bonds is 9. The molecule has 1 aliphatic rings. The van der Waals surface area contributed by atoms with Crippen molar-refractivity contribution in [1.29, 1.82) is 0 Å². The van der Waals surface area contributed by atoms with Gasteiger partial charge in [0, 0.05) is 42.6 Å². The zero-order valence-corrected chi connectivity index (χ0v) is 27.7. The Morgan fingerprint density at radius 3 is 2.34 bits per heavy atom. The van der Waals surface area contributed by atoms with Gasteiger partial charge in [-0.15, -0.1) is 11.3 Å². The molecule has 0 aliphatic carbocycles. The Kier molecular flexibility index (Phi) is 9.01. The largest absolute Gasteiger partial charge is 0.496 e. The smallest absolute Gasteiger partial charge is 0.334 e. The van der Waals surface area contributed by atoms with E-state index in [0.717, 1.165) is 10.4 Å². The molecule has 3 heterocycles. The molecule has 0 unspecified atom stereocenters. The highest BCUT2D eigenvalue weighted by atomic mass is 32.1. The first-order valence-corrected chi connectivity index (χ1v) is 15.2. The summed E-state index contributed by atoms with van der Waals surface area (Å²) in [5.74, 6) is -2.04. The van der Waals surface area contributed by atoms with Crippen molar-refractivity contribution in [2.75, 3.05) is 20.8 Å². The molecule has 0 spiro atoms. The van der Waals surface area contributed by atoms with Crippen molar-refractivity contribution in [3.63, 3.8) is 0 Å². The fourth-order valence-electron chi connectivity index (χ4n) is 5.98. The van der Waals surface area contributed by atoms with Crippen molar-refractivity contribution in [1.82, 2.24) is 19.7 Å². The lowest BCUT2D eigenvalue weighted by Gasteiger charge is -2.40. The summed E-state index contributed by atoms with van der Waals surface area (Å²) in [7, 11) is 2.94. The third kappa shape index (κ3) is 6.10. The number of esters is 1. The minimum absolute atomic E-state index is 0.155. The number of hydrogen-bond acceptors (Lipinski definition) is 9. The second kappa shape index (κ2) is 12.0. The summed E-state index contributed by atoms with van der Waals surface area (Å²) in [6, 6.07) is 5.66. The molecule has 0 radical (unpaired) electrons. The lowest BCUT2D eigenvalue weighted by molar-refractivity contribution is -0.168. The molecular weight excluding hydrogens is 584 g/mol. The van der Waals surface area contributed by atoms with Crippen LogP contribution in [0, 0.1) is 12.3 Å². The number of likely N-dealkylation sites (tertiary alicyclic amines) is 1. The van der Waals surface area contributed by atoms with Gasteiger partial charge in [0.25, 0.3) is 5.91 Å². The Balaban J connectivity index is 2.07. The maximum absolute atomic E-state index is 15.0. The molecule has 0 saturated carbocycles. The molecule has 44 heavy (non-hydrogen) atoms. The van der Waals surface area contributed by atoms with E-state index < -0.39 is 40.4 Å². The van der Waals surface area contributed by atoms with Crippen LogP contribution in [0.5, 0.6) is 5.75 Å². The number of carboxylic acid groups (broad SMARTS) is 1. The summed E-state index contributed by atoms with van der Waals surface area (Å²) >= 11 is 1.27. The maximum Gasteiger partial charge on any atom is 0.334 e. The predicted octanol–water partition coefficient (Wildman–Crippen LogP) is 5.04. The second-order valence-corrected chi connectivity index (χ2v) is 14.6. The summed E-state index contributed by atoms with van der Waals surface area (Å²) in [4.78, 5) is 49.7. The lowest BCUT2D eigenvalue weighted by atomic mass is 9.77. The minimum Gasteiger partial charge on any atom is -0.496 e. The Hall–Kier alpha value is -3.77. The van der Waals surface area contributed by atoms with E-state index in [2.05, 4.69) is 10.1 Å². The van der Waals surface area contributed by atoms with Gasteiger partial charge in [-0.05, 0) is 56.9 Å². The molecule has 1 saturated heterocycles. The topological polar surface area (TPSA) is 133 Å². The predicted molar refractivity (Wildman–Crippen MR) is 165 cm³/mol. The molecule has 1 amide bonds. The molecule has 0 bridgehead atoms. The van der Waals surface area contributed by atoms with Crippen LogP contribution in [0.2, 0.25) is 0 Å². The van der Waals surface area contributed by atoms with E-state index in [1.54, 1.807) is 57.6 Å². The highest BCUT2D eigenvalue weighted by Crippen LogP contribution is 2.57. The number of carboxylic acids is 1. The van der Waals surface area contributed by atoms with Gasteiger partial charge in [-0.2, -0.15) is 5.10 Å². The number of aromatic nitrogens is 3. The molecule has 1 aliphatic heterocycles. The van der Waals surface area contributed by atoms with E-state index in [4.69, 9.17) is 14.2 Å². The third-order valence-corrected chi connectivity index (χ3v) is 8.75. The number of ether oxygens (including phenoxy) is 3. The van der Waals surface area contributed by atoms with Crippen LogP contribution in [0.25, 0.3) is 0 Å².